The number of aryl methyl sites for hydroxylation is 2. The first-order valence-electron chi connectivity index (χ1n) is 8.84. The van der Waals surface area contributed by atoms with Crippen molar-refractivity contribution in [2.45, 2.75) is 26.8 Å². The molecule has 6 nitrogen and oxygen atoms in total. The smallest absolute Gasteiger partial charge is 0.247 e. The molecule has 0 radical (unpaired) electrons. The topological polar surface area (TPSA) is 75.7 Å². The minimum atomic E-state index is -3.68. The van der Waals surface area contributed by atoms with Crippen LogP contribution in [0.5, 0.6) is 5.75 Å². The summed E-state index contributed by atoms with van der Waals surface area (Å²) in [5.74, 6) is 0.145. The Hall–Kier alpha value is -2.80. The number of benzene rings is 2. The number of carbonyl (C=O) groups is 1. The molecule has 0 saturated heterocycles. The van der Waals surface area contributed by atoms with E-state index in [9.17, 15) is 13.2 Å². The Morgan fingerprint density at radius 2 is 1.96 bits per heavy atom. The third-order valence-corrected chi connectivity index (χ3v) is 5.39. The summed E-state index contributed by atoms with van der Waals surface area (Å²) < 4.78 is 31.6. The molecular weight excluding hydrogens is 376 g/mol. The molecule has 0 bridgehead atoms. The predicted octanol–water partition coefficient (Wildman–Crippen LogP) is 3.66. The largest absolute Gasteiger partial charge is 0.489 e. The van der Waals surface area contributed by atoms with Crippen molar-refractivity contribution in [1.29, 1.82) is 0 Å². The fraction of sp³-hybridized carbons (Fsp3) is 0.286. The summed E-state index contributed by atoms with van der Waals surface area (Å²) in [5.41, 5.74) is 2.70. The lowest BCUT2D eigenvalue weighted by atomic mass is 10.1. The maximum absolute atomic E-state index is 12.8. The predicted molar refractivity (Wildman–Crippen MR) is 113 cm³/mol. The van der Waals surface area contributed by atoms with E-state index in [4.69, 9.17) is 4.74 Å². The van der Waals surface area contributed by atoms with Crippen LogP contribution in [0.2, 0.25) is 0 Å². The number of amides is 1. The van der Waals surface area contributed by atoms with E-state index >= 15 is 0 Å². The molecular formula is C21H26N2O4S. The minimum Gasteiger partial charge on any atom is -0.489 e. The number of carbonyl (C=O) groups excluding carboxylic acids is 1. The molecule has 150 valence electrons. The van der Waals surface area contributed by atoms with Gasteiger partial charge in [0.25, 0.3) is 0 Å². The molecule has 0 saturated carbocycles. The van der Waals surface area contributed by atoms with Crippen molar-refractivity contribution < 1.29 is 17.9 Å². The van der Waals surface area contributed by atoms with Gasteiger partial charge in [0, 0.05) is 11.8 Å². The van der Waals surface area contributed by atoms with E-state index in [-0.39, 0.29) is 0 Å². The molecule has 0 fully saturated rings. The van der Waals surface area contributed by atoms with Gasteiger partial charge in [-0.15, -0.1) is 0 Å². The van der Waals surface area contributed by atoms with Crippen molar-refractivity contribution in [3.63, 3.8) is 0 Å². The van der Waals surface area contributed by atoms with Crippen molar-refractivity contribution in [2.75, 3.05) is 22.5 Å². The molecule has 1 N–H and O–H groups in total. The van der Waals surface area contributed by atoms with Crippen LogP contribution in [0.4, 0.5) is 11.4 Å². The second-order valence-corrected chi connectivity index (χ2v) is 8.50. The molecule has 0 aliphatic heterocycles. The second kappa shape index (κ2) is 8.93. The zero-order chi connectivity index (χ0) is 20.9. The number of ether oxygens (including phenoxy) is 1. The normalized spacial score (nSPS) is 12.1. The van der Waals surface area contributed by atoms with Gasteiger partial charge < -0.3 is 10.1 Å². The van der Waals surface area contributed by atoms with Gasteiger partial charge in [0.1, 0.15) is 18.4 Å². The minimum absolute atomic E-state index is 0.349. The maximum atomic E-state index is 12.8. The summed E-state index contributed by atoms with van der Waals surface area (Å²) in [7, 11) is -3.68. The van der Waals surface area contributed by atoms with Crippen LogP contribution in [0.3, 0.4) is 0 Å². The highest BCUT2D eigenvalue weighted by molar-refractivity contribution is 7.92. The molecule has 0 spiro atoms. The Kier molecular flexibility index (Phi) is 6.85. The van der Waals surface area contributed by atoms with Gasteiger partial charge in [-0.1, -0.05) is 30.9 Å². The van der Waals surface area contributed by atoms with Gasteiger partial charge in [-0.3, -0.25) is 9.10 Å². The number of hydrogen-bond donors (Lipinski definition) is 1. The molecule has 0 aromatic heterocycles. The highest BCUT2D eigenvalue weighted by Gasteiger charge is 2.30. The second-order valence-electron chi connectivity index (χ2n) is 6.64. The lowest BCUT2D eigenvalue weighted by Gasteiger charge is -2.29. The van der Waals surface area contributed by atoms with Crippen LogP contribution in [0.1, 0.15) is 18.1 Å². The van der Waals surface area contributed by atoms with Crippen LogP contribution in [-0.2, 0) is 14.8 Å². The van der Waals surface area contributed by atoms with Crippen molar-refractivity contribution >= 4 is 27.3 Å². The number of anilines is 2. The number of nitrogens with zero attached hydrogens (tertiary/aromatic N) is 1. The Morgan fingerprint density at radius 1 is 1.25 bits per heavy atom. The maximum Gasteiger partial charge on any atom is 0.247 e. The summed E-state index contributed by atoms with van der Waals surface area (Å²) in [5, 5.41) is 2.76. The third kappa shape index (κ3) is 5.36. The van der Waals surface area contributed by atoms with Crippen LogP contribution in [-0.4, -0.2) is 33.2 Å². The molecule has 1 atom stereocenters. The Labute approximate surface area is 166 Å². The van der Waals surface area contributed by atoms with Crippen molar-refractivity contribution in [3.8, 4) is 5.75 Å². The van der Waals surface area contributed by atoms with E-state index in [1.165, 1.54) is 0 Å². The first-order valence-corrected chi connectivity index (χ1v) is 10.7. The van der Waals surface area contributed by atoms with Gasteiger partial charge in [-0.2, -0.15) is 0 Å². The van der Waals surface area contributed by atoms with E-state index in [1.807, 2.05) is 26.0 Å². The fourth-order valence-corrected chi connectivity index (χ4v) is 4.03. The van der Waals surface area contributed by atoms with Gasteiger partial charge in [-0.05, 0) is 50.1 Å². The zero-order valence-electron chi connectivity index (χ0n) is 16.6. The molecule has 1 amide bonds. The van der Waals surface area contributed by atoms with Gasteiger partial charge >= 0.3 is 0 Å². The van der Waals surface area contributed by atoms with E-state index in [0.29, 0.717) is 23.7 Å². The molecule has 0 aliphatic rings. The quantitative estimate of drug-likeness (QED) is 0.684. The molecule has 7 heteroatoms. The van der Waals surface area contributed by atoms with Crippen LogP contribution < -0.4 is 14.4 Å². The Bertz CT molecular complexity index is 970. The highest BCUT2D eigenvalue weighted by atomic mass is 32.2. The van der Waals surface area contributed by atoms with Crippen molar-refractivity contribution in [3.05, 3.63) is 66.2 Å². The van der Waals surface area contributed by atoms with Gasteiger partial charge in [-0.25, -0.2) is 8.42 Å². The van der Waals surface area contributed by atoms with Gasteiger partial charge in [0.15, 0.2) is 0 Å². The van der Waals surface area contributed by atoms with Gasteiger partial charge in [0.05, 0.1) is 11.9 Å². The van der Waals surface area contributed by atoms with Crippen LogP contribution >= 0.6 is 0 Å². The first-order chi connectivity index (χ1) is 13.1. The first kappa shape index (κ1) is 21.5. The fourth-order valence-electron chi connectivity index (χ4n) is 2.80. The number of nitrogens with one attached hydrogen (secondary N) is 1. The molecule has 2 aromatic carbocycles. The SMILES string of the molecule is C=CCOc1cccc(NC(=O)[C@@H](C)N(c2cc(C)ccc2C)S(C)(=O)=O)c1. The number of hydrogen-bond acceptors (Lipinski definition) is 4. The van der Waals surface area contributed by atoms with Crippen molar-refractivity contribution in [1.82, 2.24) is 0 Å². The average molecular weight is 403 g/mol. The molecule has 2 aromatic rings. The molecule has 2 rings (SSSR count). The van der Waals surface area contributed by atoms with Crippen LogP contribution in [0.15, 0.2) is 55.1 Å². The Morgan fingerprint density at radius 3 is 2.61 bits per heavy atom. The van der Waals surface area contributed by atoms with E-state index in [1.54, 1.807) is 43.3 Å². The van der Waals surface area contributed by atoms with E-state index < -0.39 is 22.0 Å². The molecule has 0 unspecified atom stereocenters. The molecule has 0 heterocycles. The Balaban J connectivity index is 2.30. The molecule has 0 aliphatic carbocycles. The monoisotopic (exact) mass is 402 g/mol. The van der Waals surface area contributed by atoms with Crippen LogP contribution in [0.25, 0.3) is 0 Å². The summed E-state index contributed by atoms with van der Waals surface area (Å²) in [4.78, 5) is 12.8. The molecule has 28 heavy (non-hydrogen) atoms. The number of rotatable bonds is 8. The lowest BCUT2D eigenvalue weighted by molar-refractivity contribution is -0.116. The standard InChI is InChI=1S/C21H26N2O4S/c1-6-12-27-19-9-7-8-18(14-19)22-21(24)17(4)23(28(5,25)26)20-13-15(2)10-11-16(20)3/h6-11,13-14,17H,1,12H2,2-5H3,(H,22,24)/t17-/m1/s1. The highest BCUT2D eigenvalue weighted by Crippen LogP contribution is 2.27. The zero-order valence-corrected chi connectivity index (χ0v) is 17.4. The summed E-state index contributed by atoms with van der Waals surface area (Å²) in [6.45, 7) is 9.21. The summed E-state index contributed by atoms with van der Waals surface area (Å²) in [6, 6.07) is 11.5. The lowest BCUT2D eigenvalue weighted by Crippen LogP contribution is -2.45. The number of sulfonamides is 1. The van der Waals surface area contributed by atoms with Gasteiger partial charge in [0.2, 0.25) is 15.9 Å². The van der Waals surface area contributed by atoms with E-state index in [0.717, 1.165) is 21.7 Å². The van der Waals surface area contributed by atoms with Crippen molar-refractivity contribution in [2.24, 2.45) is 0 Å². The average Bonchev–Trinajstić information content (AvgIpc) is 2.62. The third-order valence-electron chi connectivity index (χ3n) is 4.16. The summed E-state index contributed by atoms with van der Waals surface area (Å²) >= 11 is 0. The van der Waals surface area contributed by atoms with Crippen LogP contribution in [0, 0.1) is 13.8 Å². The summed E-state index contributed by atoms with van der Waals surface area (Å²) in [6.07, 6.45) is 2.73. The van der Waals surface area contributed by atoms with E-state index in [2.05, 4.69) is 11.9 Å².